The van der Waals surface area contributed by atoms with Gasteiger partial charge in [0.15, 0.2) is 6.61 Å². The van der Waals surface area contributed by atoms with Gasteiger partial charge in [-0.05, 0) is 46.3 Å². The molecule has 0 spiro atoms. The topological polar surface area (TPSA) is 91.9 Å². The number of para-hydroxylation sites is 1. The van der Waals surface area contributed by atoms with E-state index in [0.29, 0.717) is 16.8 Å². The quantitative estimate of drug-likeness (QED) is 0.296. The molecule has 0 aliphatic heterocycles. The molecule has 8 heteroatoms. The largest absolute Gasteiger partial charge is 0.454 e. The molecule has 8 nitrogen and oxygen atoms in total. The summed E-state index contributed by atoms with van der Waals surface area (Å²) in [4.78, 5) is 25.9. The first-order chi connectivity index (χ1) is 16.1. The van der Waals surface area contributed by atoms with Crippen LogP contribution in [-0.4, -0.2) is 43.1 Å². The Bertz CT molecular complexity index is 1440. The van der Waals surface area contributed by atoms with E-state index in [9.17, 15) is 9.59 Å². The van der Waals surface area contributed by atoms with Gasteiger partial charge in [0, 0.05) is 18.0 Å². The lowest BCUT2D eigenvalue weighted by atomic mass is 10.0. The van der Waals surface area contributed by atoms with E-state index >= 15 is 0 Å². The van der Waals surface area contributed by atoms with E-state index in [-0.39, 0.29) is 12.4 Å². The number of aryl methyl sites for hydroxylation is 1. The molecule has 0 radical (unpaired) electrons. The smallest absolute Gasteiger partial charge is 0.338 e. The van der Waals surface area contributed by atoms with E-state index in [4.69, 9.17) is 4.74 Å². The predicted octanol–water partition coefficient (Wildman–Crippen LogP) is 3.86. The molecule has 0 amide bonds. The third kappa shape index (κ3) is 3.78. The molecule has 0 aliphatic carbocycles. The van der Waals surface area contributed by atoms with E-state index in [1.165, 1.54) is 11.0 Å². The molecule has 0 aliphatic rings. The van der Waals surface area contributed by atoms with Crippen LogP contribution >= 0.6 is 0 Å². The first-order valence-electron chi connectivity index (χ1n) is 10.3. The number of carbonyl (C=O) groups is 2. The van der Waals surface area contributed by atoms with Gasteiger partial charge in [0.25, 0.3) is 0 Å². The van der Waals surface area contributed by atoms with Gasteiger partial charge < -0.3 is 9.30 Å². The minimum Gasteiger partial charge on any atom is -0.454 e. The van der Waals surface area contributed by atoms with Crippen molar-refractivity contribution in [2.45, 2.75) is 0 Å². The van der Waals surface area contributed by atoms with E-state index in [0.717, 1.165) is 22.2 Å². The summed E-state index contributed by atoms with van der Waals surface area (Å²) in [5.74, 6) is -0.836. The molecular weight excluding hydrogens is 418 g/mol. The second kappa shape index (κ2) is 8.51. The number of nitrogens with zero attached hydrogens (tertiary/aromatic N) is 5. The molecule has 2 heterocycles. The summed E-state index contributed by atoms with van der Waals surface area (Å²) in [6.45, 7) is -0.360. The van der Waals surface area contributed by atoms with Crippen LogP contribution in [0.1, 0.15) is 20.7 Å². The average molecular weight is 437 g/mol. The summed E-state index contributed by atoms with van der Waals surface area (Å²) >= 11 is 0. The molecule has 0 N–H and O–H groups in total. The zero-order valence-corrected chi connectivity index (χ0v) is 17.8. The number of tetrazole rings is 1. The molecule has 5 aromatic rings. The number of Topliss-reactive ketones (excluding diaryl/α,β-unsaturated/α-hetero) is 1. The van der Waals surface area contributed by atoms with Crippen LogP contribution in [0.5, 0.6) is 0 Å². The fourth-order valence-corrected chi connectivity index (χ4v) is 3.93. The highest BCUT2D eigenvalue weighted by Gasteiger charge is 2.23. The normalized spacial score (nSPS) is 10.9. The summed E-state index contributed by atoms with van der Waals surface area (Å²) in [6.07, 6.45) is 1.46. The summed E-state index contributed by atoms with van der Waals surface area (Å²) in [5.41, 5.74) is 4.23. The van der Waals surface area contributed by atoms with E-state index < -0.39 is 5.97 Å². The molecule has 33 heavy (non-hydrogen) atoms. The average Bonchev–Trinajstić information content (AvgIpc) is 3.50. The Morgan fingerprint density at radius 2 is 1.64 bits per heavy atom. The highest BCUT2D eigenvalue weighted by Crippen LogP contribution is 2.33. The SMILES string of the molecule is Cn1c(-c2ccccc2)c(C(=O)COC(=O)c2ccc(-n3cnnn3)cc2)c2ccccc21. The zero-order chi connectivity index (χ0) is 22.8. The zero-order valence-electron chi connectivity index (χ0n) is 17.8. The molecule has 0 unspecified atom stereocenters. The van der Waals surface area contributed by atoms with Crippen molar-refractivity contribution in [2.24, 2.45) is 7.05 Å². The van der Waals surface area contributed by atoms with E-state index in [1.807, 2.05) is 66.2 Å². The van der Waals surface area contributed by atoms with Crippen molar-refractivity contribution < 1.29 is 14.3 Å². The second-order valence-corrected chi connectivity index (χ2v) is 7.47. The lowest BCUT2D eigenvalue weighted by Gasteiger charge is -2.09. The summed E-state index contributed by atoms with van der Waals surface area (Å²) in [6, 6.07) is 24.0. The summed E-state index contributed by atoms with van der Waals surface area (Å²) < 4.78 is 8.85. The van der Waals surface area contributed by atoms with Gasteiger partial charge >= 0.3 is 5.97 Å². The minimum absolute atomic E-state index is 0.260. The number of benzene rings is 3. The molecule has 162 valence electrons. The van der Waals surface area contributed by atoms with Crippen LogP contribution in [0.2, 0.25) is 0 Å². The fourth-order valence-electron chi connectivity index (χ4n) is 3.93. The van der Waals surface area contributed by atoms with Crippen molar-refractivity contribution in [1.82, 2.24) is 24.8 Å². The number of aromatic nitrogens is 5. The molecule has 0 atom stereocenters. The Morgan fingerprint density at radius 1 is 0.909 bits per heavy atom. The number of hydrogen-bond donors (Lipinski definition) is 0. The summed E-state index contributed by atoms with van der Waals surface area (Å²) in [5, 5.41) is 11.8. The Balaban J connectivity index is 1.40. The Labute approximate surface area is 189 Å². The highest BCUT2D eigenvalue weighted by atomic mass is 16.5. The Kier molecular flexibility index (Phi) is 5.24. The van der Waals surface area contributed by atoms with Crippen molar-refractivity contribution in [3.63, 3.8) is 0 Å². The van der Waals surface area contributed by atoms with Crippen molar-refractivity contribution in [1.29, 1.82) is 0 Å². The van der Waals surface area contributed by atoms with Crippen molar-refractivity contribution >= 4 is 22.7 Å². The van der Waals surface area contributed by atoms with Crippen LogP contribution in [0.15, 0.2) is 85.2 Å². The van der Waals surface area contributed by atoms with Gasteiger partial charge in [0.05, 0.1) is 22.5 Å². The standard InChI is InChI=1S/C25H19N5O3/c1-29-21-10-6-5-9-20(21)23(24(29)17-7-3-2-4-8-17)22(31)15-33-25(32)18-11-13-19(14-12-18)30-16-26-27-28-30/h2-14,16H,15H2,1H3. The van der Waals surface area contributed by atoms with Crippen molar-refractivity contribution in [3.05, 3.63) is 96.3 Å². The van der Waals surface area contributed by atoms with Gasteiger partial charge in [-0.1, -0.05) is 48.5 Å². The lowest BCUT2D eigenvalue weighted by molar-refractivity contribution is 0.0475. The minimum atomic E-state index is -0.576. The van der Waals surface area contributed by atoms with Gasteiger partial charge in [0.1, 0.15) is 6.33 Å². The summed E-state index contributed by atoms with van der Waals surface area (Å²) in [7, 11) is 1.93. The van der Waals surface area contributed by atoms with Gasteiger partial charge in [-0.15, -0.1) is 5.10 Å². The van der Waals surface area contributed by atoms with Gasteiger partial charge in [0.2, 0.25) is 5.78 Å². The van der Waals surface area contributed by atoms with Crippen LogP contribution in [0.4, 0.5) is 0 Å². The molecule has 0 fully saturated rings. The van der Waals surface area contributed by atoms with Crippen molar-refractivity contribution in [2.75, 3.05) is 6.61 Å². The van der Waals surface area contributed by atoms with E-state index in [1.54, 1.807) is 24.3 Å². The molecule has 2 aromatic heterocycles. The number of esters is 1. The van der Waals surface area contributed by atoms with Crippen LogP contribution in [0.25, 0.3) is 27.8 Å². The van der Waals surface area contributed by atoms with Crippen LogP contribution in [0, 0.1) is 0 Å². The van der Waals surface area contributed by atoms with E-state index in [2.05, 4.69) is 15.5 Å². The molecular formula is C25H19N5O3. The molecule has 0 saturated carbocycles. The number of fused-ring (bicyclic) bond motifs is 1. The third-order valence-corrected chi connectivity index (χ3v) is 5.48. The molecule has 3 aromatic carbocycles. The van der Waals surface area contributed by atoms with Crippen LogP contribution in [-0.2, 0) is 11.8 Å². The maximum atomic E-state index is 13.3. The van der Waals surface area contributed by atoms with Crippen LogP contribution in [0.3, 0.4) is 0 Å². The second-order valence-electron chi connectivity index (χ2n) is 7.47. The molecule has 0 bridgehead atoms. The number of carbonyl (C=O) groups excluding carboxylic acids is 2. The van der Waals surface area contributed by atoms with Gasteiger partial charge in [-0.2, -0.15) is 0 Å². The lowest BCUT2D eigenvalue weighted by Crippen LogP contribution is -2.15. The maximum Gasteiger partial charge on any atom is 0.338 e. The first kappa shape index (κ1) is 20.3. The van der Waals surface area contributed by atoms with Crippen LogP contribution < -0.4 is 0 Å². The van der Waals surface area contributed by atoms with Crippen molar-refractivity contribution in [3.8, 4) is 16.9 Å². The number of ketones is 1. The first-order valence-corrected chi connectivity index (χ1v) is 10.3. The molecule has 5 rings (SSSR count). The van der Waals surface area contributed by atoms with Gasteiger partial charge in [-0.25, -0.2) is 9.48 Å². The predicted molar refractivity (Wildman–Crippen MR) is 122 cm³/mol. The Morgan fingerprint density at radius 3 is 2.36 bits per heavy atom. The third-order valence-electron chi connectivity index (χ3n) is 5.48. The highest BCUT2D eigenvalue weighted by molar-refractivity contribution is 6.14. The number of rotatable bonds is 6. The Hall–Kier alpha value is -4.59. The fraction of sp³-hybridized carbons (Fsp3) is 0.0800. The number of hydrogen-bond acceptors (Lipinski definition) is 6. The molecule has 0 saturated heterocycles. The number of ether oxygens (including phenoxy) is 1. The monoisotopic (exact) mass is 437 g/mol. The van der Waals surface area contributed by atoms with Gasteiger partial charge in [-0.3, -0.25) is 4.79 Å². The maximum absolute atomic E-state index is 13.3.